The highest BCUT2D eigenvalue weighted by Gasteiger charge is 2.55. The number of epoxide rings is 1. The number of rotatable bonds is 1. The van der Waals surface area contributed by atoms with Crippen molar-refractivity contribution in [3.05, 3.63) is 0 Å². The molecule has 0 amide bonds. The zero-order chi connectivity index (χ0) is 8.01. The Bertz CT molecular complexity index is 161. The molecule has 0 radical (unpaired) electrons. The number of fused-ring (bicyclic) bond motifs is 1. The summed E-state index contributed by atoms with van der Waals surface area (Å²) in [6.07, 6.45) is -1.09. The van der Waals surface area contributed by atoms with E-state index in [2.05, 4.69) is 0 Å². The van der Waals surface area contributed by atoms with Crippen LogP contribution in [-0.4, -0.2) is 42.9 Å². The van der Waals surface area contributed by atoms with Gasteiger partial charge in [-0.15, -0.1) is 0 Å². The fourth-order valence-electron chi connectivity index (χ4n) is 1.51. The summed E-state index contributed by atoms with van der Waals surface area (Å²) >= 11 is 0. The summed E-state index contributed by atoms with van der Waals surface area (Å²) in [4.78, 5) is 0. The van der Waals surface area contributed by atoms with Crippen molar-refractivity contribution in [3.63, 3.8) is 0 Å². The molecule has 0 aromatic rings. The molecule has 4 heteroatoms. The Labute approximate surface area is 65.1 Å². The second kappa shape index (κ2) is 2.42. The summed E-state index contributed by atoms with van der Waals surface area (Å²) in [7, 11) is 1.52. The van der Waals surface area contributed by atoms with Gasteiger partial charge in [0.1, 0.15) is 18.3 Å². The van der Waals surface area contributed by atoms with E-state index >= 15 is 0 Å². The van der Waals surface area contributed by atoms with Gasteiger partial charge in [-0.1, -0.05) is 0 Å². The Hall–Kier alpha value is -0.160. The smallest absolute Gasteiger partial charge is 0.186 e. The molecule has 0 saturated carbocycles. The second-order valence-corrected chi connectivity index (χ2v) is 3.00. The van der Waals surface area contributed by atoms with Gasteiger partial charge in [0.2, 0.25) is 0 Å². The predicted octanol–water partition coefficient (Wildman–Crippen LogP) is -0.494. The molecule has 0 unspecified atom stereocenters. The molecule has 0 bridgehead atoms. The number of aliphatic hydroxyl groups is 1. The van der Waals surface area contributed by atoms with Crippen molar-refractivity contribution in [2.75, 3.05) is 7.11 Å². The van der Waals surface area contributed by atoms with E-state index in [1.54, 1.807) is 0 Å². The van der Waals surface area contributed by atoms with Crippen LogP contribution in [0.25, 0.3) is 0 Å². The molecule has 11 heavy (non-hydrogen) atoms. The highest BCUT2D eigenvalue weighted by molar-refractivity contribution is 4.99. The van der Waals surface area contributed by atoms with E-state index in [1.807, 2.05) is 6.92 Å². The van der Waals surface area contributed by atoms with Crippen molar-refractivity contribution in [1.82, 2.24) is 0 Å². The lowest BCUT2D eigenvalue weighted by molar-refractivity contribution is -0.214. The summed E-state index contributed by atoms with van der Waals surface area (Å²) in [5.74, 6) is 0. The average molecular weight is 160 g/mol. The molecular weight excluding hydrogens is 148 g/mol. The Morgan fingerprint density at radius 1 is 1.27 bits per heavy atom. The van der Waals surface area contributed by atoms with Crippen molar-refractivity contribution in [1.29, 1.82) is 0 Å². The summed E-state index contributed by atoms with van der Waals surface area (Å²) in [5.41, 5.74) is 0. The summed E-state index contributed by atoms with van der Waals surface area (Å²) in [6.45, 7) is 1.92. The first-order valence-corrected chi connectivity index (χ1v) is 3.76. The van der Waals surface area contributed by atoms with E-state index in [4.69, 9.17) is 14.2 Å². The van der Waals surface area contributed by atoms with Gasteiger partial charge in [-0.3, -0.25) is 0 Å². The molecule has 2 aliphatic heterocycles. The van der Waals surface area contributed by atoms with Crippen LogP contribution in [0.5, 0.6) is 0 Å². The molecule has 5 atom stereocenters. The van der Waals surface area contributed by atoms with Crippen LogP contribution in [0.1, 0.15) is 6.92 Å². The SMILES string of the molecule is CO[C@@H]1O[C@@H](C)[C@@H]2O[C@@H]2[C@H]1O. The number of hydrogen-bond acceptors (Lipinski definition) is 4. The van der Waals surface area contributed by atoms with Gasteiger partial charge in [-0.05, 0) is 6.92 Å². The molecule has 0 aliphatic carbocycles. The van der Waals surface area contributed by atoms with Gasteiger partial charge in [0.25, 0.3) is 0 Å². The van der Waals surface area contributed by atoms with Crippen LogP contribution in [0.3, 0.4) is 0 Å². The second-order valence-electron chi connectivity index (χ2n) is 3.00. The van der Waals surface area contributed by atoms with E-state index in [-0.39, 0.29) is 18.3 Å². The van der Waals surface area contributed by atoms with Crippen molar-refractivity contribution in [3.8, 4) is 0 Å². The zero-order valence-electron chi connectivity index (χ0n) is 6.56. The van der Waals surface area contributed by atoms with E-state index in [9.17, 15) is 5.11 Å². The maximum Gasteiger partial charge on any atom is 0.186 e. The Kier molecular flexibility index (Phi) is 1.64. The minimum absolute atomic E-state index is 0.0355. The molecule has 64 valence electrons. The summed E-state index contributed by atoms with van der Waals surface area (Å²) < 4.78 is 15.4. The lowest BCUT2D eigenvalue weighted by Crippen LogP contribution is -2.44. The van der Waals surface area contributed by atoms with Crippen LogP contribution >= 0.6 is 0 Å². The lowest BCUT2D eigenvalue weighted by atomic mass is 10.1. The quantitative estimate of drug-likeness (QED) is 0.526. The van der Waals surface area contributed by atoms with Crippen LogP contribution in [0.15, 0.2) is 0 Å². The van der Waals surface area contributed by atoms with E-state index in [1.165, 1.54) is 7.11 Å². The molecule has 2 rings (SSSR count). The van der Waals surface area contributed by atoms with Crippen molar-refractivity contribution in [2.24, 2.45) is 0 Å². The fourth-order valence-corrected chi connectivity index (χ4v) is 1.51. The standard InChI is InChI=1S/C7H12O4/c1-3-5-6(11-5)4(8)7(9-2)10-3/h3-8H,1-2H3/t3-,4+,5-,6+,7+/m0/s1. The van der Waals surface area contributed by atoms with Crippen LogP contribution in [0.2, 0.25) is 0 Å². The van der Waals surface area contributed by atoms with Crippen LogP contribution < -0.4 is 0 Å². The summed E-state index contributed by atoms with van der Waals surface area (Å²) in [6, 6.07) is 0. The predicted molar refractivity (Wildman–Crippen MR) is 36.0 cm³/mol. The molecule has 0 aromatic carbocycles. The van der Waals surface area contributed by atoms with Crippen molar-refractivity contribution in [2.45, 2.75) is 37.6 Å². The number of hydrogen-bond donors (Lipinski definition) is 1. The van der Waals surface area contributed by atoms with Gasteiger partial charge in [0.15, 0.2) is 6.29 Å². The zero-order valence-corrected chi connectivity index (χ0v) is 6.56. The van der Waals surface area contributed by atoms with Gasteiger partial charge in [-0.2, -0.15) is 0 Å². The Balaban J connectivity index is 2.02. The molecule has 2 heterocycles. The fraction of sp³-hybridized carbons (Fsp3) is 1.00. The molecule has 1 N–H and O–H groups in total. The minimum Gasteiger partial charge on any atom is -0.385 e. The van der Waals surface area contributed by atoms with Gasteiger partial charge in [-0.25, -0.2) is 0 Å². The van der Waals surface area contributed by atoms with Crippen molar-refractivity contribution < 1.29 is 19.3 Å². The van der Waals surface area contributed by atoms with E-state index in [0.29, 0.717) is 0 Å². The van der Waals surface area contributed by atoms with E-state index < -0.39 is 12.4 Å². The highest BCUT2D eigenvalue weighted by Crippen LogP contribution is 2.37. The first kappa shape index (κ1) is 7.49. The first-order valence-electron chi connectivity index (χ1n) is 3.76. The minimum atomic E-state index is -0.624. The third-order valence-electron chi connectivity index (χ3n) is 2.22. The Morgan fingerprint density at radius 2 is 2.00 bits per heavy atom. The molecule has 0 spiro atoms. The van der Waals surface area contributed by atoms with Crippen molar-refractivity contribution >= 4 is 0 Å². The molecule has 0 aromatic heterocycles. The summed E-state index contributed by atoms with van der Waals surface area (Å²) in [5, 5.41) is 9.42. The maximum absolute atomic E-state index is 9.42. The maximum atomic E-state index is 9.42. The van der Waals surface area contributed by atoms with Gasteiger partial charge in [0, 0.05) is 7.11 Å². The first-order chi connectivity index (χ1) is 5.24. The molecule has 2 saturated heterocycles. The number of methoxy groups -OCH3 is 1. The van der Waals surface area contributed by atoms with E-state index in [0.717, 1.165) is 0 Å². The normalized spacial score (nSPS) is 55.4. The molecule has 4 nitrogen and oxygen atoms in total. The van der Waals surface area contributed by atoms with Gasteiger partial charge >= 0.3 is 0 Å². The highest BCUT2D eigenvalue weighted by atomic mass is 16.7. The lowest BCUT2D eigenvalue weighted by Gasteiger charge is -2.27. The number of ether oxygens (including phenoxy) is 3. The van der Waals surface area contributed by atoms with Crippen LogP contribution in [0, 0.1) is 0 Å². The van der Waals surface area contributed by atoms with Gasteiger partial charge in [0.05, 0.1) is 6.10 Å². The molecular formula is C7H12O4. The van der Waals surface area contributed by atoms with Crippen LogP contribution in [0.4, 0.5) is 0 Å². The van der Waals surface area contributed by atoms with Gasteiger partial charge < -0.3 is 19.3 Å². The largest absolute Gasteiger partial charge is 0.385 e. The monoisotopic (exact) mass is 160 g/mol. The third kappa shape index (κ3) is 1.06. The topological polar surface area (TPSA) is 51.2 Å². The number of aliphatic hydroxyl groups excluding tert-OH is 1. The van der Waals surface area contributed by atoms with Crippen LogP contribution in [-0.2, 0) is 14.2 Å². The Morgan fingerprint density at radius 3 is 2.64 bits per heavy atom. The third-order valence-corrected chi connectivity index (χ3v) is 2.22. The molecule has 2 aliphatic rings. The average Bonchev–Trinajstić information content (AvgIpc) is 2.75. The molecule has 2 fully saturated rings.